The summed E-state index contributed by atoms with van der Waals surface area (Å²) in [5, 5.41) is 8.88. The minimum atomic E-state index is -0.623. The van der Waals surface area contributed by atoms with Crippen molar-refractivity contribution in [1.29, 1.82) is 0 Å². The molecule has 0 aromatic heterocycles. The standard InChI is InChI=1S/C13H23NO2/c1-2-3-11-4-7-14(9-11)10-13(5-6-13)8-12(15)16/h11H,2-10H2,1H3,(H,15,16). The largest absolute Gasteiger partial charge is 0.481 e. The third-order valence-corrected chi connectivity index (χ3v) is 4.11. The minimum absolute atomic E-state index is 0.146. The van der Waals surface area contributed by atoms with E-state index in [1.54, 1.807) is 0 Å². The van der Waals surface area contributed by atoms with Crippen LogP contribution in [0.3, 0.4) is 0 Å². The first-order valence-corrected chi connectivity index (χ1v) is 6.58. The van der Waals surface area contributed by atoms with E-state index in [4.69, 9.17) is 5.11 Å². The summed E-state index contributed by atoms with van der Waals surface area (Å²) in [5.41, 5.74) is 0.146. The molecule has 0 aromatic rings. The molecule has 0 spiro atoms. The maximum absolute atomic E-state index is 10.8. The lowest BCUT2D eigenvalue weighted by molar-refractivity contribution is -0.138. The molecule has 3 heteroatoms. The fourth-order valence-electron chi connectivity index (χ4n) is 3.06. The molecule has 1 atom stereocenters. The molecule has 1 saturated carbocycles. The summed E-state index contributed by atoms with van der Waals surface area (Å²) in [7, 11) is 0. The fraction of sp³-hybridized carbons (Fsp3) is 0.923. The van der Waals surface area contributed by atoms with Crippen LogP contribution in [0.2, 0.25) is 0 Å². The van der Waals surface area contributed by atoms with Gasteiger partial charge < -0.3 is 10.0 Å². The van der Waals surface area contributed by atoms with E-state index in [1.807, 2.05) is 0 Å². The van der Waals surface area contributed by atoms with Crippen molar-refractivity contribution in [3.8, 4) is 0 Å². The van der Waals surface area contributed by atoms with Crippen LogP contribution in [0.4, 0.5) is 0 Å². The highest BCUT2D eigenvalue weighted by molar-refractivity contribution is 5.68. The molecule has 1 aliphatic heterocycles. The van der Waals surface area contributed by atoms with Crippen LogP contribution < -0.4 is 0 Å². The third-order valence-electron chi connectivity index (χ3n) is 4.11. The second-order valence-electron chi connectivity index (χ2n) is 5.75. The monoisotopic (exact) mass is 225 g/mol. The molecule has 92 valence electrons. The molecule has 0 amide bonds. The predicted octanol–water partition coefficient (Wildman–Crippen LogP) is 2.36. The van der Waals surface area contributed by atoms with E-state index in [1.165, 1.54) is 32.4 Å². The van der Waals surface area contributed by atoms with Crippen molar-refractivity contribution in [2.75, 3.05) is 19.6 Å². The van der Waals surface area contributed by atoms with Crippen molar-refractivity contribution in [3.05, 3.63) is 0 Å². The average molecular weight is 225 g/mol. The number of nitrogens with zero attached hydrogens (tertiary/aromatic N) is 1. The van der Waals surface area contributed by atoms with Gasteiger partial charge in [-0.15, -0.1) is 0 Å². The smallest absolute Gasteiger partial charge is 0.303 e. The highest BCUT2D eigenvalue weighted by Gasteiger charge is 2.46. The Morgan fingerprint density at radius 2 is 2.25 bits per heavy atom. The number of carboxylic acids is 1. The quantitative estimate of drug-likeness (QED) is 0.754. The summed E-state index contributed by atoms with van der Waals surface area (Å²) < 4.78 is 0. The van der Waals surface area contributed by atoms with Crippen LogP contribution in [0, 0.1) is 11.3 Å². The Bertz CT molecular complexity index is 261. The Hall–Kier alpha value is -0.570. The summed E-state index contributed by atoms with van der Waals surface area (Å²) in [5.74, 6) is 0.243. The second-order valence-corrected chi connectivity index (χ2v) is 5.75. The molecule has 1 N–H and O–H groups in total. The van der Waals surface area contributed by atoms with Gasteiger partial charge in [-0.05, 0) is 43.6 Å². The Balaban J connectivity index is 1.76. The van der Waals surface area contributed by atoms with Crippen molar-refractivity contribution in [1.82, 2.24) is 4.90 Å². The maximum Gasteiger partial charge on any atom is 0.303 e. The van der Waals surface area contributed by atoms with Gasteiger partial charge in [-0.3, -0.25) is 4.79 Å². The Kier molecular flexibility index (Phi) is 3.53. The van der Waals surface area contributed by atoms with Gasteiger partial charge in [-0.2, -0.15) is 0 Å². The zero-order valence-corrected chi connectivity index (χ0v) is 10.2. The highest BCUT2D eigenvalue weighted by Crippen LogP contribution is 2.49. The van der Waals surface area contributed by atoms with Gasteiger partial charge in [0.15, 0.2) is 0 Å². The van der Waals surface area contributed by atoms with E-state index in [2.05, 4.69) is 11.8 Å². The molecule has 0 bridgehead atoms. The molecule has 2 aliphatic rings. The van der Waals surface area contributed by atoms with Crippen LogP contribution in [0.25, 0.3) is 0 Å². The first-order valence-electron chi connectivity index (χ1n) is 6.58. The van der Waals surface area contributed by atoms with E-state index < -0.39 is 5.97 Å². The zero-order chi connectivity index (χ0) is 11.6. The maximum atomic E-state index is 10.8. The normalized spacial score (nSPS) is 28.2. The molecule has 16 heavy (non-hydrogen) atoms. The summed E-state index contributed by atoms with van der Waals surface area (Å²) in [6.45, 7) is 5.66. The Labute approximate surface area is 97.8 Å². The number of likely N-dealkylation sites (tertiary alicyclic amines) is 1. The Morgan fingerprint density at radius 1 is 1.50 bits per heavy atom. The van der Waals surface area contributed by atoms with Crippen molar-refractivity contribution in [3.63, 3.8) is 0 Å². The predicted molar refractivity (Wildman–Crippen MR) is 63.4 cm³/mol. The second kappa shape index (κ2) is 4.74. The molecular formula is C13H23NO2. The van der Waals surface area contributed by atoms with Crippen LogP contribution in [-0.4, -0.2) is 35.6 Å². The molecule has 2 fully saturated rings. The van der Waals surface area contributed by atoms with E-state index >= 15 is 0 Å². The van der Waals surface area contributed by atoms with Gasteiger partial charge in [0.05, 0.1) is 6.42 Å². The van der Waals surface area contributed by atoms with Crippen LogP contribution in [0.1, 0.15) is 45.4 Å². The van der Waals surface area contributed by atoms with Crippen molar-refractivity contribution in [2.45, 2.75) is 45.4 Å². The van der Waals surface area contributed by atoms with Crippen LogP contribution in [-0.2, 0) is 4.79 Å². The molecule has 2 rings (SSSR count). The van der Waals surface area contributed by atoms with Crippen molar-refractivity contribution >= 4 is 5.97 Å². The summed E-state index contributed by atoms with van der Waals surface area (Å²) in [6, 6.07) is 0. The number of aliphatic carboxylic acids is 1. The van der Waals surface area contributed by atoms with Gasteiger partial charge in [-0.1, -0.05) is 13.3 Å². The number of rotatable bonds is 6. The summed E-state index contributed by atoms with van der Waals surface area (Å²) in [6.07, 6.45) is 6.54. The molecule has 1 saturated heterocycles. The van der Waals surface area contributed by atoms with Gasteiger partial charge in [0.25, 0.3) is 0 Å². The average Bonchev–Trinajstić information content (AvgIpc) is 2.77. The first-order chi connectivity index (χ1) is 7.63. The topological polar surface area (TPSA) is 40.5 Å². The molecule has 1 aliphatic carbocycles. The number of hydrogen-bond acceptors (Lipinski definition) is 2. The van der Waals surface area contributed by atoms with Crippen molar-refractivity contribution < 1.29 is 9.90 Å². The van der Waals surface area contributed by atoms with Crippen molar-refractivity contribution in [2.24, 2.45) is 11.3 Å². The molecule has 0 aromatic carbocycles. The van der Waals surface area contributed by atoms with Gasteiger partial charge in [0.2, 0.25) is 0 Å². The first kappa shape index (κ1) is 11.9. The summed E-state index contributed by atoms with van der Waals surface area (Å²) in [4.78, 5) is 13.3. The van der Waals surface area contributed by atoms with Gasteiger partial charge in [-0.25, -0.2) is 0 Å². The number of carbonyl (C=O) groups is 1. The molecule has 3 nitrogen and oxygen atoms in total. The molecular weight excluding hydrogens is 202 g/mol. The zero-order valence-electron chi connectivity index (χ0n) is 10.2. The van der Waals surface area contributed by atoms with Gasteiger partial charge in [0, 0.05) is 13.1 Å². The van der Waals surface area contributed by atoms with E-state index in [9.17, 15) is 4.79 Å². The lowest BCUT2D eigenvalue weighted by atomic mass is 10.0. The van der Waals surface area contributed by atoms with Crippen LogP contribution >= 0.6 is 0 Å². The molecule has 0 radical (unpaired) electrons. The summed E-state index contributed by atoms with van der Waals surface area (Å²) >= 11 is 0. The van der Waals surface area contributed by atoms with Crippen LogP contribution in [0.5, 0.6) is 0 Å². The number of carboxylic acid groups (broad SMARTS) is 1. The SMILES string of the molecule is CCCC1CCN(CC2(CC(=O)O)CC2)C1. The van der Waals surface area contributed by atoms with E-state index in [-0.39, 0.29) is 5.41 Å². The molecule has 1 heterocycles. The lowest BCUT2D eigenvalue weighted by Gasteiger charge is -2.22. The highest BCUT2D eigenvalue weighted by atomic mass is 16.4. The number of hydrogen-bond donors (Lipinski definition) is 1. The van der Waals surface area contributed by atoms with Crippen LogP contribution in [0.15, 0.2) is 0 Å². The molecule has 1 unspecified atom stereocenters. The van der Waals surface area contributed by atoms with E-state index in [0.29, 0.717) is 6.42 Å². The van der Waals surface area contributed by atoms with E-state index in [0.717, 1.165) is 25.3 Å². The fourth-order valence-corrected chi connectivity index (χ4v) is 3.06. The lowest BCUT2D eigenvalue weighted by Crippen LogP contribution is -2.30. The minimum Gasteiger partial charge on any atom is -0.481 e. The Morgan fingerprint density at radius 3 is 2.81 bits per heavy atom. The van der Waals surface area contributed by atoms with Gasteiger partial charge in [0.1, 0.15) is 0 Å². The van der Waals surface area contributed by atoms with Gasteiger partial charge >= 0.3 is 5.97 Å². The third kappa shape index (κ3) is 2.97.